The summed E-state index contributed by atoms with van der Waals surface area (Å²) in [6, 6.07) is 7.23. The Balaban J connectivity index is 0.000000116. The molecule has 0 radical (unpaired) electrons. The first-order valence-electron chi connectivity index (χ1n) is 30.5. The summed E-state index contributed by atoms with van der Waals surface area (Å²) >= 11 is 0. The van der Waals surface area contributed by atoms with Gasteiger partial charge in [0.1, 0.15) is 0 Å². The zero-order chi connectivity index (χ0) is 46.1. The molecule has 0 amide bonds. The average Bonchev–Trinajstić information content (AvgIpc) is 3.81. The lowest BCUT2D eigenvalue weighted by molar-refractivity contribution is -0.0697. The highest BCUT2D eigenvalue weighted by Gasteiger charge is 2.58. The molecule has 9 fully saturated rings. The zero-order valence-electron chi connectivity index (χ0n) is 45.2. The van der Waals surface area contributed by atoms with Crippen LogP contribution >= 0.6 is 0 Å². The molecule has 22 atom stereocenters. The van der Waals surface area contributed by atoms with Crippen LogP contribution in [0.1, 0.15) is 219 Å². The van der Waals surface area contributed by atoms with Gasteiger partial charge in [0.05, 0.1) is 0 Å². The van der Waals surface area contributed by atoms with E-state index in [0.29, 0.717) is 0 Å². The summed E-state index contributed by atoms with van der Waals surface area (Å²) in [5.74, 6) is 23.1. The van der Waals surface area contributed by atoms with Crippen LogP contribution in [0.25, 0.3) is 10.8 Å². The van der Waals surface area contributed by atoms with Crippen LogP contribution in [0.5, 0.6) is 0 Å². The van der Waals surface area contributed by atoms with Crippen molar-refractivity contribution < 1.29 is 0 Å². The Bertz CT molecular complexity index is 1940. The molecule has 9 saturated carbocycles. The summed E-state index contributed by atoms with van der Waals surface area (Å²) in [4.78, 5) is 0. The Labute approximate surface area is 409 Å². The Kier molecular flexibility index (Phi) is 14.7. The van der Waals surface area contributed by atoms with Crippen molar-refractivity contribution in [1.29, 1.82) is 0 Å². The standard InChI is InChI=1S/2C22H38.C22H28/c1-5-16-10-18-12-19-11-17-8-6-7-9-20(17)14(3)22(19)15(4)21(18)13(16)2;1-5-16-10-11-19-20-12-17-8-6-7-9-18(17)14(3)22(20)15(4)21(19)13(16)2;1-4-16-9-10-19-12-20-11-17-7-5-6-8-18(17)13-21(20)15(3)22(19)14(16)2/h2*13-22H,5-12H2,1-4H3;9-10,12,17-18H,4-8,11,13H2,1-3H3/t13?,14?,15?,16?,17-,18?,19?,20+,21?,22?;13?,14?,15?,16?,17-,18+,19?,20?,21?,22?;17-,18+/m111/s1. The van der Waals surface area contributed by atoms with E-state index in [4.69, 9.17) is 0 Å². The van der Waals surface area contributed by atoms with Crippen LogP contribution in [0, 0.1) is 144 Å². The van der Waals surface area contributed by atoms with Crippen LogP contribution in [-0.2, 0) is 19.3 Å². The van der Waals surface area contributed by atoms with E-state index in [1.165, 1.54) is 100.0 Å². The predicted molar refractivity (Wildman–Crippen MR) is 285 cm³/mol. The molecule has 368 valence electrons. The Morgan fingerprint density at radius 2 is 0.955 bits per heavy atom. The first-order valence-corrected chi connectivity index (χ1v) is 30.5. The summed E-state index contributed by atoms with van der Waals surface area (Å²) in [6.45, 7) is 27.7. The quantitative estimate of drug-likeness (QED) is 0.288. The molecule has 0 bridgehead atoms. The maximum Gasteiger partial charge on any atom is -0.0120 e. The van der Waals surface area contributed by atoms with Crippen molar-refractivity contribution in [3.8, 4) is 0 Å². The Hall–Kier alpha value is -1.30. The summed E-state index contributed by atoms with van der Waals surface area (Å²) < 4.78 is 0. The fourth-order valence-corrected chi connectivity index (χ4v) is 22.3. The van der Waals surface area contributed by atoms with Gasteiger partial charge >= 0.3 is 0 Å². The molecule has 12 rings (SSSR count). The van der Waals surface area contributed by atoms with E-state index in [1.54, 1.807) is 79.9 Å². The molecule has 0 heteroatoms. The number of aryl methyl sites for hydroxylation is 3. The first kappa shape index (κ1) is 48.3. The summed E-state index contributed by atoms with van der Waals surface area (Å²) in [5.41, 5.74) is 7.99. The summed E-state index contributed by atoms with van der Waals surface area (Å²) in [7, 11) is 0. The van der Waals surface area contributed by atoms with Crippen molar-refractivity contribution >= 4 is 10.8 Å². The van der Waals surface area contributed by atoms with Crippen LogP contribution in [0.2, 0.25) is 0 Å². The molecule has 0 N–H and O–H groups in total. The second kappa shape index (κ2) is 20.1. The van der Waals surface area contributed by atoms with Crippen molar-refractivity contribution in [2.75, 3.05) is 0 Å². The highest BCUT2D eigenvalue weighted by atomic mass is 14.6. The minimum atomic E-state index is 0.965. The lowest BCUT2D eigenvalue weighted by Gasteiger charge is -2.56. The molecule has 0 saturated heterocycles. The smallest absolute Gasteiger partial charge is 0.0120 e. The molecule has 0 nitrogen and oxygen atoms in total. The highest BCUT2D eigenvalue weighted by Crippen LogP contribution is 2.65. The normalized spacial score (nSPS) is 46.6. The molecular weight excluding hydrogens is 793 g/mol. The Morgan fingerprint density at radius 1 is 0.424 bits per heavy atom. The monoisotopic (exact) mass is 897 g/mol. The van der Waals surface area contributed by atoms with Crippen molar-refractivity contribution in [2.45, 2.75) is 224 Å². The van der Waals surface area contributed by atoms with Crippen molar-refractivity contribution in [2.24, 2.45) is 130 Å². The summed E-state index contributed by atoms with van der Waals surface area (Å²) in [6.07, 6.45) is 34.4. The van der Waals surface area contributed by atoms with Gasteiger partial charge in [0.2, 0.25) is 0 Å². The molecule has 0 spiro atoms. The number of benzene rings is 2. The maximum atomic E-state index is 2.67. The number of hydrogen-bond donors (Lipinski definition) is 0. The third-order valence-corrected chi connectivity index (χ3v) is 25.1. The van der Waals surface area contributed by atoms with E-state index >= 15 is 0 Å². The van der Waals surface area contributed by atoms with Crippen LogP contribution in [-0.4, -0.2) is 0 Å². The third kappa shape index (κ3) is 8.49. The van der Waals surface area contributed by atoms with Gasteiger partial charge in [-0.05, 0) is 266 Å². The van der Waals surface area contributed by atoms with Gasteiger partial charge in [0, 0.05) is 0 Å². The number of hydrogen-bond acceptors (Lipinski definition) is 0. The van der Waals surface area contributed by atoms with Gasteiger partial charge in [-0.25, -0.2) is 0 Å². The van der Waals surface area contributed by atoms with Crippen LogP contribution in [0.4, 0.5) is 0 Å². The van der Waals surface area contributed by atoms with Crippen LogP contribution < -0.4 is 0 Å². The molecule has 10 aliphatic carbocycles. The van der Waals surface area contributed by atoms with Gasteiger partial charge in [-0.15, -0.1) is 0 Å². The molecule has 2 aromatic rings. The maximum absolute atomic E-state index is 2.67. The molecule has 0 heterocycles. The fraction of sp³-hybridized carbons (Fsp3) is 0.848. The second-order valence-corrected chi connectivity index (χ2v) is 27.2. The predicted octanol–water partition coefficient (Wildman–Crippen LogP) is 18.7. The van der Waals surface area contributed by atoms with Crippen molar-refractivity contribution in [1.82, 2.24) is 0 Å². The van der Waals surface area contributed by atoms with E-state index in [2.05, 4.69) is 94.4 Å². The number of rotatable bonds is 3. The van der Waals surface area contributed by atoms with Gasteiger partial charge < -0.3 is 0 Å². The van der Waals surface area contributed by atoms with Gasteiger partial charge in [-0.2, -0.15) is 0 Å². The fourth-order valence-electron chi connectivity index (χ4n) is 22.3. The first-order chi connectivity index (χ1) is 31.9. The van der Waals surface area contributed by atoms with E-state index in [0.717, 1.165) is 137 Å². The second-order valence-electron chi connectivity index (χ2n) is 27.2. The third-order valence-electron chi connectivity index (χ3n) is 25.1. The molecule has 66 heavy (non-hydrogen) atoms. The topological polar surface area (TPSA) is 0 Å². The summed E-state index contributed by atoms with van der Waals surface area (Å²) in [5, 5.41) is 3.02. The molecule has 10 aliphatic rings. The molecule has 2 aromatic carbocycles. The van der Waals surface area contributed by atoms with Gasteiger partial charge in [0.15, 0.2) is 0 Å². The molecule has 0 aliphatic heterocycles. The lowest BCUT2D eigenvalue weighted by atomic mass is 9.49. The largest absolute Gasteiger partial charge is 0.0651 e. The zero-order valence-corrected chi connectivity index (χ0v) is 45.2. The molecule has 0 aromatic heterocycles. The lowest BCUT2D eigenvalue weighted by Crippen LogP contribution is -2.49. The Morgan fingerprint density at radius 3 is 1.62 bits per heavy atom. The van der Waals surface area contributed by atoms with Gasteiger partial charge in [0.25, 0.3) is 0 Å². The molecule has 16 unspecified atom stereocenters. The van der Waals surface area contributed by atoms with Crippen molar-refractivity contribution in [3.05, 3.63) is 46.0 Å². The van der Waals surface area contributed by atoms with Gasteiger partial charge in [-0.3, -0.25) is 0 Å². The van der Waals surface area contributed by atoms with E-state index in [1.807, 2.05) is 0 Å². The molecular formula is C66H104. The van der Waals surface area contributed by atoms with E-state index in [9.17, 15) is 0 Å². The SMILES string of the molecule is CCC1CC2CC3C[C@H]4CCCC[C@H]4C(C)C3C(C)C2C1C.CCC1CCC2C3C[C@H]4CCCC[C@H]4C(C)C3C(C)C2C1C.CCc1ccc2cc3c(c(C)c2c1C)C[C@@H]1CCCC[C@@H]1C3. The highest BCUT2D eigenvalue weighted by molar-refractivity contribution is 5.91. The van der Waals surface area contributed by atoms with Crippen molar-refractivity contribution in [3.63, 3.8) is 0 Å². The van der Waals surface area contributed by atoms with Crippen LogP contribution in [0.3, 0.4) is 0 Å². The average molecular weight is 898 g/mol. The minimum absolute atomic E-state index is 0.965. The number of fused-ring (bicyclic) bond motifs is 10. The van der Waals surface area contributed by atoms with Crippen LogP contribution in [0.15, 0.2) is 18.2 Å². The van der Waals surface area contributed by atoms with E-state index in [-0.39, 0.29) is 0 Å². The van der Waals surface area contributed by atoms with E-state index < -0.39 is 0 Å². The minimum Gasteiger partial charge on any atom is -0.0651 e. The van der Waals surface area contributed by atoms with Gasteiger partial charge in [-0.1, -0.05) is 145 Å².